The van der Waals surface area contributed by atoms with Gasteiger partial charge in [0.15, 0.2) is 0 Å². The highest BCUT2D eigenvalue weighted by Crippen LogP contribution is 2.20. The first kappa shape index (κ1) is 16.2. The van der Waals surface area contributed by atoms with Crippen LogP contribution in [0.2, 0.25) is 0 Å². The zero-order valence-corrected chi connectivity index (χ0v) is 13.7. The Kier molecular flexibility index (Phi) is 4.61. The SMILES string of the molecule is CCOC(=O)NC1=CC2NC(C)C(c3ccccc3)=NC2C(N)=N1. The molecule has 0 aromatic heterocycles. The summed E-state index contributed by atoms with van der Waals surface area (Å²) in [5, 5.41) is 6.06. The third kappa shape index (κ3) is 3.30. The summed E-state index contributed by atoms with van der Waals surface area (Å²) in [5.74, 6) is 0.743. The van der Waals surface area contributed by atoms with Gasteiger partial charge in [0, 0.05) is 6.04 Å². The lowest BCUT2D eigenvalue weighted by atomic mass is 9.95. The molecule has 4 N–H and O–H groups in total. The van der Waals surface area contributed by atoms with E-state index in [0.717, 1.165) is 11.3 Å². The molecule has 0 bridgehead atoms. The van der Waals surface area contributed by atoms with Gasteiger partial charge in [0.25, 0.3) is 0 Å². The zero-order chi connectivity index (χ0) is 17.1. The molecule has 24 heavy (non-hydrogen) atoms. The average Bonchev–Trinajstić information content (AvgIpc) is 2.55. The van der Waals surface area contributed by atoms with Gasteiger partial charge >= 0.3 is 6.09 Å². The maximum Gasteiger partial charge on any atom is 0.412 e. The lowest BCUT2D eigenvalue weighted by molar-refractivity contribution is 0.155. The van der Waals surface area contributed by atoms with Crippen LogP contribution in [0, 0.1) is 0 Å². The number of nitrogens with zero attached hydrogens (tertiary/aromatic N) is 2. The van der Waals surface area contributed by atoms with Crippen LogP contribution >= 0.6 is 0 Å². The number of ether oxygens (including phenoxy) is 1. The molecule has 3 atom stereocenters. The molecule has 0 aliphatic carbocycles. The molecule has 2 heterocycles. The van der Waals surface area contributed by atoms with Crippen LogP contribution in [0.15, 0.2) is 52.2 Å². The van der Waals surface area contributed by atoms with Crippen LogP contribution in [0.25, 0.3) is 0 Å². The lowest BCUT2D eigenvalue weighted by Gasteiger charge is -2.35. The summed E-state index contributed by atoms with van der Waals surface area (Å²) < 4.78 is 4.86. The summed E-state index contributed by atoms with van der Waals surface area (Å²) in [4.78, 5) is 20.6. The molecule has 7 heteroatoms. The number of benzene rings is 1. The molecule has 3 unspecified atom stereocenters. The summed E-state index contributed by atoms with van der Waals surface area (Å²) in [6.07, 6.45) is 1.27. The normalized spacial score (nSPS) is 25.8. The van der Waals surface area contributed by atoms with E-state index in [1.807, 2.05) is 36.4 Å². The van der Waals surface area contributed by atoms with Crippen LogP contribution in [0.1, 0.15) is 19.4 Å². The number of aliphatic imine (C=N–C) groups is 2. The van der Waals surface area contributed by atoms with E-state index in [1.165, 1.54) is 0 Å². The third-order valence-corrected chi connectivity index (χ3v) is 3.94. The first-order valence-electron chi connectivity index (χ1n) is 7.97. The monoisotopic (exact) mass is 327 g/mol. The number of rotatable bonds is 3. The maximum absolute atomic E-state index is 11.5. The van der Waals surface area contributed by atoms with E-state index in [0.29, 0.717) is 18.3 Å². The van der Waals surface area contributed by atoms with Crippen LogP contribution in [0.5, 0.6) is 0 Å². The van der Waals surface area contributed by atoms with Gasteiger partial charge in [0.05, 0.1) is 18.4 Å². The number of alkyl carbamates (subject to hydrolysis) is 1. The fraction of sp³-hybridized carbons (Fsp3) is 0.353. The minimum Gasteiger partial charge on any atom is -0.450 e. The second-order valence-corrected chi connectivity index (χ2v) is 5.67. The molecular weight excluding hydrogens is 306 g/mol. The van der Waals surface area contributed by atoms with Gasteiger partial charge in [0.1, 0.15) is 17.7 Å². The molecule has 0 radical (unpaired) electrons. The number of hydrogen-bond donors (Lipinski definition) is 3. The molecule has 2 aliphatic rings. The van der Waals surface area contributed by atoms with Gasteiger partial charge in [-0.3, -0.25) is 10.3 Å². The molecule has 3 rings (SSSR count). The smallest absolute Gasteiger partial charge is 0.412 e. The molecular formula is C17H21N5O2. The molecule has 1 aromatic carbocycles. The van der Waals surface area contributed by atoms with Crippen molar-refractivity contribution in [3.8, 4) is 0 Å². The number of fused-ring (bicyclic) bond motifs is 1. The minimum absolute atomic E-state index is 0.0552. The third-order valence-electron chi connectivity index (χ3n) is 3.94. The van der Waals surface area contributed by atoms with Gasteiger partial charge in [-0.25, -0.2) is 9.79 Å². The van der Waals surface area contributed by atoms with Crippen molar-refractivity contribution in [2.45, 2.75) is 32.0 Å². The number of carbonyl (C=O) groups excluding carboxylic acids is 1. The van der Waals surface area contributed by atoms with Gasteiger partial charge in [-0.05, 0) is 25.5 Å². The Hall–Kier alpha value is -2.67. The Labute approximate surface area is 140 Å². The van der Waals surface area contributed by atoms with Crippen molar-refractivity contribution in [2.75, 3.05) is 6.61 Å². The predicted octanol–water partition coefficient (Wildman–Crippen LogP) is 1.16. The number of nitrogens with two attached hydrogens (primary N) is 1. The molecule has 2 aliphatic heterocycles. The van der Waals surface area contributed by atoms with Crippen molar-refractivity contribution in [1.29, 1.82) is 0 Å². The highest BCUT2D eigenvalue weighted by molar-refractivity contribution is 6.07. The van der Waals surface area contributed by atoms with Gasteiger partial charge in [-0.2, -0.15) is 0 Å². The maximum atomic E-state index is 11.5. The molecule has 126 valence electrons. The number of carbonyl (C=O) groups is 1. The first-order valence-corrected chi connectivity index (χ1v) is 7.97. The second-order valence-electron chi connectivity index (χ2n) is 5.67. The number of amidine groups is 1. The van der Waals surface area contributed by atoms with Crippen molar-refractivity contribution in [3.05, 3.63) is 47.8 Å². The molecule has 0 fully saturated rings. The topological polar surface area (TPSA) is 101 Å². The van der Waals surface area contributed by atoms with Crippen molar-refractivity contribution in [2.24, 2.45) is 15.7 Å². The summed E-state index contributed by atoms with van der Waals surface area (Å²) >= 11 is 0. The average molecular weight is 327 g/mol. The van der Waals surface area contributed by atoms with Crippen LogP contribution in [0.4, 0.5) is 4.79 Å². The number of nitrogens with one attached hydrogen (secondary N) is 2. The van der Waals surface area contributed by atoms with E-state index in [1.54, 1.807) is 6.92 Å². The minimum atomic E-state index is -0.545. The van der Waals surface area contributed by atoms with E-state index >= 15 is 0 Å². The summed E-state index contributed by atoms with van der Waals surface area (Å²) in [5.41, 5.74) is 8.09. The molecule has 0 spiro atoms. The molecule has 7 nitrogen and oxygen atoms in total. The molecule has 0 saturated heterocycles. The van der Waals surface area contributed by atoms with E-state index < -0.39 is 6.09 Å². The standard InChI is InChI=1S/C17H21N5O2/c1-3-24-17(23)21-13-9-12-15(16(18)20-13)22-14(10(2)19-12)11-7-5-4-6-8-11/h4-10,12,15,19H,3H2,1-2H3,(H2,18,20)(H,21,23). The Balaban J connectivity index is 1.84. The van der Waals surface area contributed by atoms with E-state index in [-0.39, 0.29) is 18.1 Å². The predicted molar refractivity (Wildman–Crippen MR) is 93.0 cm³/mol. The summed E-state index contributed by atoms with van der Waals surface area (Å²) in [6.45, 7) is 4.09. The largest absolute Gasteiger partial charge is 0.450 e. The molecule has 1 amide bonds. The van der Waals surface area contributed by atoms with E-state index in [2.05, 4.69) is 22.5 Å². The van der Waals surface area contributed by atoms with Crippen LogP contribution in [0.3, 0.4) is 0 Å². The fourth-order valence-corrected chi connectivity index (χ4v) is 2.88. The first-order chi connectivity index (χ1) is 11.6. The summed E-state index contributed by atoms with van der Waals surface area (Å²) in [6, 6.07) is 9.63. The van der Waals surface area contributed by atoms with Crippen molar-refractivity contribution in [3.63, 3.8) is 0 Å². The van der Waals surface area contributed by atoms with Crippen LogP contribution in [-0.4, -0.2) is 42.4 Å². The quantitative estimate of drug-likeness (QED) is 0.775. The van der Waals surface area contributed by atoms with Gasteiger partial charge in [-0.1, -0.05) is 30.3 Å². The highest BCUT2D eigenvalue weighted by atomic mass is 16.5. The van der Waals surface area contributed by atoms with Gasteiger partial charge in [0.2, 0.25) is 0 Å². The van der Waals surface area contributed by atoms with Crippen LogP contribution < -0.4 is 16.4 Å². The lowest BCUT2D eigenvalue weighted by Crippen LogP contribution is -2.56. The number of amides is 1. The van der Waals surface area contributed by atoms with E-state index in [9.17, 15) is 4.79 Å². The zero-order valence-electron chi connectivity index (χ0n) is 13.7. The second kappa shape index (κ2) is 6.84. The number of hydrogen-bond acceptors (Lipinski definition) is 6. The Bertz CT molecular complexity index is 711. The fourth-order valence-electron chi connectivity index (χ4n) is 2.88. The highest BCUT2D eigenvalue weighted by Gasteiger charge is 2.34. The van der Waals surface area contributed by atoms with Gasteiger partial charge in [-0.15, -0.1) is 0 Å². The van der Waals surface area contributed by atoms with Crippen molar-refractivity contribution < 1.29 is 9.53 Å². The molecule has 0 saturated carbocycles. The summed E-state index contributed by atoms with van der Waals surface area (Å²) in [7, 11) is 0. The van der Waals surface area contributed by atoms with Crippen LogP contribution in [-0.2, 0) is 4.74 Å². The van der Waals surface area contributed by atoms with Crippen molar-refractivity contribution in [1.82, 2.24) is 10.6 Å². The van der Waals surface area contributed by atoms with E-state index in [4.69, 9.17) is 15.5 Å². The molecule has 1 aromatic rings. The Morgan fingerprint density at radius 1 is 1.38 bits per heavy atom. The Morgan fingerprint density at radius 2 is 2.12 bits per heavy atom. The van der Waals surface area contributed by atoms with Gasteiger partial charge < -0.3 is 15.8 Å². The van der Waals surface area contributed by atoms with Crippen molar-refractivity contribution >= 4 is 17.6 Å². The Morgan fingerprint density at radius 3 is 2.83 bits per heavy atom.